The maximum Gasteiger partial charge on any atom is 0.491 e. The van der Waals surface area contributed by atoms with Crippen molar-refractivity contribution in [2.24, 2.45) is 0 Å². The minimum absolute atomic E-state index is 0.181. The number of hydrogen-bond donors (Lipinski definition) is 2. The molecule has 27 heavy (non-hydrogen) atoms. The van der Waals surface area contributed by atoms with Gasteiger partial charge in [0.25, 0.3) is 5.91 Å². The van der Waals surface area contributed by atoms with Crippen LogP contribution >= 0.6 is 23.4 Å². The van der Waals surface area contributed by atoms with Gasteiger partial charge in [-0.05, 0) is 71.7 Å². The van der Waals surface area contributed by atoms with Gasteiger partial charge in [-0.25, -0.2) is 0 Å². The van der Waals surface area contributed by atoms with Crippen LogP contribution in [0.5, 0.6) is 0 Å². The third-order valence-electron chi connectivity index (χ3n) is 4.23. The molecular weight excluding hydrogens is 381 g/mol. The smallest absolute Gasteiger partial charge is 0.423 e. The summed E-state index contributed by atoms with van der Waals surface area (Å²) in [4.78, 5) is 14.3. The summed E-state index contributed by atoms with van der Waals surface area (Å²) >= 11 is 7.43. The molecule has 1 aliphatic rings. The van der Waals surface area contributed by atoms with E-state index in [0.29, 0.717) is 17.2 Å². The Morgan fingerprint density at radius 2 is 1.74 bits per heavy atom. The Bertz CT molecular complexity index is 980. The molecule has 7 heteroatoms. The second-order valence-corrected chi connectivity index (χ2v) is 7.69. The van der Waals surface area contributed by atoms with Crippen LogP contribution in [-0.4, -0.2) is 18.0 Å². The minimum atomic E-state index is -0.842. The number of hydrogen-bond acceptors (Lipinski definition) is 4. The number of rotatable bonds is 4. The lowest BCUT2D eigenvalue weighted by atomic mass is 9.80. The van der Waals surface area contributed by atoms with Gasteiger partial charge in [0.15, 0.2) is 0 Å². The van der Waals surface area contributed by atoms with E-state index in [1.54, 1.807) is 36.0 Å². The van der Waals surface area contributed by atoms with Gasteiger partial charge in [0, 0.05) is 26.1 Å². The highest BCUT2D eigenvalue weighted by molar-refractivity contribution is 7.99. The van der Waals surface area contributed by atoms with Gasteiger partial charge >= 0.3 is 7.12 Å². The summed E-state index contributed by atoms with van der Waals surface area (Å²) in [5.74, 6) is -0.181. The second kappa shape index (κ2) is 7.78. The average molecular weight is 396 g/mol. The molecule has 0 aliphatic carbocycles. The van der Waals surface area contributed by atoms with E-state index in [1.807, 2.05) is 42.5 Å². The van der Waals surface area contributed by atoms with Gasteiger partial charge in [0.2, 0.25) is 0 Å². The Kier molecular flexibility index (Phi) is 5.23. The van der Waals surface area contributed by atoms with Gasteiger partial charge in [-0.3, -0.25) is 4.79 Å². The number of halogens is 1. The third-order valence-corrected chi connectivity index (χ3v) is 5.48. The summed E-state index contributed by atoms with van der Waals surface area (Å²) in [6.45, 7) is 0.448. The maximum atomic E-state index is 12.2. The monoisotopic (exact) mass is 395 g/mol. The molecule has 4 rings (SSSR count). The van der Waals surface area contributed by atoms with Crippen LogP contribution in [0.2, 0.25) is 5.02 Å². The van der Waals surface area contributed by atoms with Crippen molar-refractivity contribution in [2.75, 3.05) is 5.32 Å². The summed E-state index contributed by atoms with van der Waals surface area (Å²) < 4.78 is 5.22. The van der Waals surface area contributed by atoms with Crippen LogP contribution in [0.4, 0.5) is 5.69 Å². The first-order valence-electron chi connectivity index (χ1n) is 8.36. The van der Waals surface area contributed by atoms with Crippen molar-refractivity contribution in [3.63, 3.8) is 0 Å². The predicted molar refractivity (Wildman–Crippen MR) is 109 cm³/mol. The lowest BCUT2D eigenvalue weighted by Crippen LogP contribution is -2.27. The van der Waals surface area contributed by atoms with E-state index in [-0.39, 0.29) is 5.91 Å². The van der Waals surface area contributed by atoms with Crippen molar-refractivity contribution in [3.05, 3.63) is 82.9 Å². The minimum Gasteiger partial charge on any atom is -0.423 e. The highest BCUT2D eigenvalue weighted by atomic mass is 35.5. The Balaban J connectivity index is 1.42. The molecule has 0 radical (unpaired) electrons. The molecule has 0 saturated carbocycles. The van der Waals surface area contributed by atoms with E-state index in [9.17, 15) is 9.82 Å². The molecule has 134 valence electrons. The summed E-state index contributed by atoms with van der Waals surface area (Å²) in [6, 6.07) is 20.3. The van der Waals surface area contributed by atoms with Crippen molar-refractivity contribution >= 4 is 47.5 Å². The topological polar surface area (TPSA) is 58.6 Å². The molecule has 1 heterocycles. The zero-order chi connectivity index (χ0) is 18.8. The molecule has 3 aromatic rings. The Morgan fingerprint density at radius 1 is 1.04 bits per heavy atom. The third kappa shape index (κ3) is 4.20. The van der Waals surface area contributed by atoms with E-state index in [1.165, 1.54) is 0 Å². The van der Waals surface area contributed by atoms with Gasteiger partial charge in [-0.2, -0.15) is 0 Å². The highest BCUT2D eigenvalue weighted by Crippen LogP contribution is 2.29. The van der Waals surface area contributed by atoms with Gasteiger partial charge < -0.3 is 15.0 Å². The summed E-state index contributed by atoms with van der Waals surface area (Å²) in [6.07, 6.45) is 0. The molecule has 4 nitrogen and oxygen atoms in total. The van der Waals surface area contributed by atoms with Crippen molar-refractivity contribution in [2.45, 2.75) is 16.4 Å². The molecule has 0 fully saturated rings. The molecule has 3 aromatic carbocycles. The lowest BCUT2D eigenvalue weighted by molar-refractivity contribution is 0.102. The fraction of sp³-hybridized carbons (Fsp3) is 0.0500. The Hall–Kier alpha value is -2.25. The molecule has 1 aliphatic heterocycles. The van der Waals surface area contributed by atoms with Crippen LogP contribution in [0.1, 0.15) is 15.9 Å². The Morgan fingerprint density at radius 3 is 2.48 bits per heavy atom. The molecule has 0 aromatic heterocycles. The second-order valence-electron chi connectivity index (χ2n) is 6.11. The number of amides is 1. The largest absolute Gasteiger partial charge is 0.491 e. The summed E-state index contributed by atoms with van der Waals surface area (Å²) in [5, 5.41) is 13.3. The number of benzene rings is 3. The van der Waals surface area contributed by atoms with Crippen molar-refractivity contribution < 1.29 is 14.5 Å². The Labute approximate surface area is 166 Å². The van der Waals surface area contributed by atoms with Gasteiger partial charge in [0.05, 0.1) is 6.61 Å². The first-order valence-corrected chi connectivity index (χ1v) is 9.55. The van der Waals surface area contributed by atoms with Crippen LogP contribution in [0.3, 0.4) is 0 Å². The van der Waals surface area contributed by atoms with E-state index in [0.717, 1.165) is 26.5 Å². The van der Waals surface area contributed by atoms with Crippen molar-refractivity contribution in [3.8, 4) is 0 Å². The van der Waals surface area contributed by atoms with Gasteiger partial charge in [0.1, 0.15) is 0 Å². The highest BCUT2D eigenvalue weighted by Gasteiger charge is 2.27. The maximum absolute atomic E-state index is 12.2. The van der Waals surface area contributed by atoms with Crippen molar-refractivity contribution in [1.82, 2.24) is 0 Å². The van der Waals surface area contributed by atoms with Crippen molar-refractivity contribution in [1.29, 1.82) is 0 Å². The quantitative estimate of drug-likeness (QED) is 0.657. The van der Waals surface area contributed by atoms with E-state index in [2.05, 4.69) is 5.32 Å². The van der Waals surface area contributed by atoms with Crippen LogP contribution in [-0.2, 0) is 11.3 Å². The van der Waals surface area contributed by atoms with Gasteiger partial charge in [-0.15, -0.1) is 0 Å². The predicted octanol–water partition coefficient (Wildman–Crippen LogP) is 3.96. The van der Waals surface area contributed by atoms with Crippen LogP contribution in [0.25, 0.3) is 0 Å². The normalized spacial score (nSPS) is 12.7. The summed E-state index contributed by atoms with van der Waals surface area (Å²) in [7, 11) is -0.842. The first-order chi connectivity index (χ1) is 13.1. The number of nitrogens with one attached hydrogen (secondary N) is 1. The molecule has 0 atom stereocenters. The number of fused-ring (bicyclic) bond motifs is 1. The fourth-order valence-electron chi connectivity index (χ4n) is 2.80. The molecule has 0 bridgehead atoms. The molecule has 0 unspecified atom stereocenters. The first kappa shape index (κ1) is 18.1. The number of anilines is 1. The molecule has 0 saturated heterocycles. The van der Waals surface area contributed by atoms with Crippen LogP contribution in [0.15, 0.2) is 76.5 Å². The molecule has 2 N–H and O–H groups in total. The van der Waals surface area contributed by atoms with E-state index < -0.39 is 7.12 Å². The zero-order valence-electron chi connectivity index (χ0n) is 14.2. The number of carbonyl (C=O) groups is 1. The molecule has 0 spiro atoms. The molecule has 1 amide bonds. The van der Waals surface area contributed by atoms with Gasteiger partial charge in [-0.1, -0.05) is 29.4 Å². The lowest BCUT2D eigenvalue weighted by Gasteiger charge is -2.08. The SMILES string of the molecule is O=C(Nc1ccc(Sc2ccc3c(c2)B(O)OC3)cc1)c1ccc(Cl)cc1. The number of carbonyl (C=O) groups excluding carboxylic acids is 1. The van der Waals surface area contributed by atoms with Crippen LogP contribution < -0.4 is 10.8 Å². The molecular formula is C20H15BClNO3S. The van der Waals surface area contributed by atoms with E-state index in [4.69, 9.17) is 16.3 Å². The van der Waals surface area contributed by atoms with Crippen LogP contribution in [0, 0.1) is 0 Å². The summed E-state index contributed by atoms with van der Waals surface area (Å²) in [5.41, 5.74) is 3.12. The zero-order valence-corrected chi connectivity index (χ0v) is 15.8. The fourth-order valence-corrected chi connectivity index (χ4v) is 3.80. The van der Waals surface area contributed by atoms with E-state index >= 15 is 0 Å². The average Bonchev–Trinajstić information content (AvgIpc) is 3.04. The standard InChI is InChI=1S/C20H15BClNO3S/c22-15-4-1-13(2-5-15)20(24)23-16-6-9-17(10-7-16)27-18-8-3-14-12-26-21(25)19(14)11-18/h1-11,25H,12H2,(H,23,24).